The van der Waals surface area contributed by atoms with E-state index in [9.17, 15) is 0 Å². The average Bonchev–Trinajstić information content (AvgIpc) is 2.29. The fraction of sp³-hybridized carbons (Fsp3) is 1.00. The van der Waals surface area contributed by atoms with E-state index in [4.69, 9.17) is 4.74 Å². The summed E-state index contributed by atoms with van der Waals surface area (Å²) in [5.41, 5.74) is 0.120. The highest BCUT2D eigenvalue weighted by Crippen LogP contribution is 2.40. The predicted molar refractivity (Wildman–Crippen MR) is 53.8 cm³/mol. The molecule has 0 aromatic rings. The zero-order valence-corrected chi connectivity index (χ0v) is 8.81. The SMILES string of the molecule is CNCC1(C)CCC(C2CCC2)O1. The summed E-state index contributed by atoms with van der Waals surface area (Å²) in [4.78, 5) is 0. The first-order valence-corrected chi connectivity index (χ1v) is 5.56. The summed E-state index contributed by atoms with van der Waals surface area (Å²) in [6, 6.07) is 0. The monoisotopic (exact) mass is 183 g/mol. The molecule has 2 fully saturated rings. The van der Waals surface area contributed by atoms with E-state index in [1.165, 1.54) is 32.1 Å². The van der Waals surface area contributed by atoms with E-state index in [0.29, 0.717) is 6.10 Å². The van der Waals surface area contributed by atoms with Gasteiger partial charge in [-0.2, -0.15) is 0 Å². The molecule has 1 aliphatic carbocycles. The highest BCUT2D eigenvalue weighted by Gasteiger charge is 2.40. The molecule has 1 heterocycles. The fourth-order valence-corrected chi connectivity index (χ4v) is 2.58. The molecule has 1 saturated carbocycles. The lowest BCUT2D eigenvalue weighted by Gasteiger charge is -2.33. The van der Waals surface area contributed by atoms with Crippen LogP contribution in [0.5, 0.6) is 0 Å². The third-order valence-electron chi connectivity index (χ3n) is 3.62. The van der Waals surface area contributed by atoms with Crippen LogP contribution >= 0.6 is 0 Å². The second-order valence-corrected chi connectivity index (χ2v) is 4.87. The van der Waals surface area contributed by atoms with Crippen LogP contribution in [-0.4, -0.2) is 25.3 Å². The zero-order valence-electron chi connectivity index (χ0n) is 8.81. The molecule has 0 aromatic carbocycles. The molecule has 2 nitrogen and oxygen atoms in total. The number of nitrogens with one attached hydrogen (secondary N) is 1. The van der Waals surface area contributed by atoms with E-state index in [1.54, 1.807) is 0 Å². The number of hydrogen-bond donors (Lipinski definition) is 1. The van der Waals surface area contributed by atoms with Crippen molar-refractivity contribution in [2.45, 2.75) is 50.7 Å². The molecule has 2 rings (SSSR count). The van der Waals surface area contributed by atoms with Crippen LogP contribution in [0.1, 0.15) is 39.0 Å². The van der Waals surface area contributed by atoms with Crippen LogP contribution in [0.4, 0.5) is 0 Å². The molecule has 2 heteroatoms. The van der Waals surface area contributed by atoms with E-state index in [1.807, 2.05) is 7.05 Å². The number of rotatable bonds is 3. The van der Waals surface area contributed by atoms with Crippen molar-refractivity contribution in [2.75, 3.05) is 13.6 Å². The van der Waals surface area contributed by atoms with E-state index in [-0.39, 0.29) is 5.60 Å². The van der Waals surface area contributed by atoms with E-state index in [2.05, 4.69) is 12.2 Å². The van der Waals surface area contributed by atoms with Gasteiger partial charge in [0.15, 0.2) is 0 Å². The summed E-state index contributed by atoms with van der Waals surface area (Å²) in [7, 11) is 2.01. The summed E-state index contributed by atoms with van der Waals surface area (Å²) in [5, 5.41) is 3.22. The van der Waals surface area contributed by atoms with Gasteiger partial charge in [-0.05, 0) is 45.6 Å². The normalized spacial score (nSPS) is 40.6. The maximum absolute atomic E-state index is 6.13. The Kier molecular flexibility index (Phi) is 2.61. The topological polar surface area (TPSA) is 21.3 Å². The summed E-state index contributed by atoms with van der Waals surface area (Å²) < 4.78 is 6.13. The van der Waals surface area contributed by atoms with Crippen molar-refractivity contribution < 1.29 is 4.74 Å². The molecule has 2 aliphatic rings. The van der Waals surface area contributed by atoms with Crippen molar-refractivity contribution in [1.29, 1.82) is 0 Å². The lowest BCUT2D eigenvalue weighted by Crippen LogP contribution is -2.38. The minimum absolute atomic E-state index is 0.120. The minimum atomic E-state index is 0.120. The molecule has 2 atom stereocenters. The van der Waals surface area contributed by atoms with Gasteiger partial charge in [-0.15, -0.1) is 0 Å². The van der Waals surface area contributed by atoms with Crippen molar-refractivity contribution in [3.63, 3.8) is 0 Å². The molecule has 1 saturated heterocycles. The van der Waals surface area contributed by atoms with Crippen molar-refractivity contribution >= 4 is 0 Å². The summed E-state index contributed by atoms with van der Waals surface area (Å²) in [6.45, 7) is 3.23. The lowest BCUT2D eigenvalue weighted by atomic mass is 9.80. The zero-order chi connectivity index (χ0) is 9.31. The third kappa shape index (κ3) is 1.89. The highest BCUT2D eigenvalue weighted by molar-refractivity contribution is 4.91. The Labute approximate surface area is 81.0 Å². The van der Waals surface area contributed by atoms with Crippen molar-refractivity contribution in [2.24, 2.45) is 5.92 Å². The lowest BCUT2D eigenvalue weighted by molar-refractivity contribution is -0.0641. The van der Waals surface area contributed by atoms with Crippen LogP contribution < -0.4 is 5.32 Å². The van der Waals surface area contributed by atoms with Gasteiger partial charge in [0.2, 0.25) is 0 Å². The minimum Gasteiger partial charge on any atom is -0.370 e. The van der Waals surface area contributed by atoms with Crippen LogP contribution in [-0.2, 0) is 4.74 Å². The number of ether oxygens (including phenoxy) is 1. The molecule has 0 bridgehead atoms. The van der Waals surface area contributed by atoms with Gasteiger partial charge in [0.25, 0.3) is 0 Å². The first kappa shape index (κ1) is 9.47. The quantitative estimate of drug-likeness (QED) is 0.722. The van der Waals surface area contributed by atoms with Gasteiger partial charge in [-0.3, -0.25) is 0 Å². The summed E-state index contributed by atoms with van der Waals surface area (Å²) in [6.07, 6.45) is 7.32. The Morgan fingerprint density at radius 2 is 2.15 bits per heavy atom. The molecule has 1 N–H and O–H groups in total. The fourth-order valence-electron chi connectivity index (χ4n) is 2.58. The average molecular weight is 183 g/mol. The van der Waals surface area contributed by atoms with Crippen LogP contribution in [0.3, 0.4) is 0 Å². The standard InChI is InChI=1S/C11H21NO/c1-11(8-12-2)7-6-10(13-11)9-4-3-5-9/h9-10,12H,3-8H2,1-2H3. The van der Waals surface area contributed by atoms with Gasteiger partial charge in [-0.25, -0.2) is 0 Å². The maximum Gasteiger partial charge on any atom is 0.0783 e. The first-order chi connectivity index (χ1) is 6.23. The van der Waals surface area contributed by atoms with Crippen molar-refractivity contribution in [3.05, 3.63) is 0 Å². The molecule has 0 amide bonds. The van der Waals surface area contributed by atoms with E-state index in [0.717, 1.165) is 12.5 Å². The van der Waals surface area contributed by atoms with Crippen LogP contribution in [0.15, 0.2) is 0 Å². The Bertz CT molecular complexity index is 179. The van der Waals surface area contributed by atoms with Gasteiger partial charge in [-0.1, -0.05) is 6.42 Å². The van der Waals surface area contributed by atoms with Crippen molar-refractivity contribution in [3.8, 4) is 0 Å². The molecule has 0 radical (unpaired) electrons. The third-order valence-corrected chi connectivity index (χ3v) is 3.62. The number of hydrogen-bond acceptors (Lipinski definition) is 2. The second kappa shape index (κ2) is 3.58. The Hall–Kier alpha value is -0.0800. The van der Waals surface area contributed by atoms with E-state index < -0.39 is 0 Å². The second-order valence-electron chi connectivity index (χ2n) is 4.87. The molecule has 0 spiro atoms. The Morgan fingerprint density at radius 1 is 1.38 bits per heavy atom. The largest absolute Gasteiger partial charge is 0.370 e. The Balaban J connectivity index is 1.85. The molecule has 1 aliphatic heterocycles. The molecule has 2 unspecified atom stereocenters. The van der Waals surface area contributed by atoms with Crippen molar-refractivity contribution in [1.82, 2.24) is 5.32 Å². The summed E-state index contributed by atoms with van der Waals surface area (Å²) >= 11 is 0. The van der Waals surface area contributed by atoms with Crippen LogP contribution in [0, 0.1) is 5.92 Å². The highest BCUT2D eigenvalue weighted by atomic mass is 16.5. The number of likely N-dealkylation sites (N-methyl/N-ethyl adjacent to an activating group) is 1. The van der Waals surface area contributed by atoms with Gasteiger partial charge in [0.1, 0.15) is 0 Å². The van der Waals surface area contributed by atoms with Gasteiger partial charge < -0.3 is 10.1 Å². The van der Waals surface area contributed by atoms with E-state index >= 15 is 0 Å². The molecule has 76 valence electrons. The van der Waals surface area contributed by atoms with Gasteiger partial charge >= 0.3 is 0 Å². The van der Waals surface area contributed by atoms with Gasteiger partial charge in [0.05, 0.1) is 11.7 Å². The smallest absolute Gasteiger partial charge is 0.0783 e. The molecule has 0 aromatic heterocycles. The molecular formula is C11H21NO. The maximum atomic E-state index is 6.13. The van der Waals surface area contributed by atoms with Gasteiger partial charge in [0, 0.05) is 6.54 Å². The predicted octanol–water partition coefficient (Wildman–Crippen LogP) is 1.94. The summed E-state index contributed by atoms with van der Waals surface area (Å²) in [5.74, 6) is 0.888. The molecule has 13 heavy (non-hydrogen) atoms. The Morgan fingerprint density at radius 3 is 2.69 bits per heavy atom. The van der Waals surface area contributed by atoms with Crippen LogP contribution in [0.25, 0.3) is 0 Å². The molecular weight excluding hydrogens is 162 g/mol. The first-order valence-electron chi connectivity index (χ1n) is 5.56. The van der Waals surface area contributed by atoms with Crippen LogP contribution in [0.2, 0.25) is 0 Å².